The highest BCUT2D eigenvalue weighted by atomic mass is 15.1. The Labute approximate surface area is 321 Å². The molecule has 9 aromatic rings. The average Bonchev–Trinajstić information content (AvgIpc) is 3.65. The Morgan fingerprint density at radius 2 is 1.11 bits per heavy atom. The van der Waals surface area contributed by atoms with Crippen LogP contribution in [0.2, 0.25) is 0 Å². The molecule has 0 N–H and O–H groups in total. The van der Waals surface area contributed by atoms with Gasteiger partial charge >= 0.3 is 0 Å². The molecule has 0 saturated carbocycles. The standard InChI is InChI=1S/C53H38N2/c1-2-4-7-19-39(20-8-5-3-1)51-45-25-13-14-26-46(45)52(44-27-17-21-38-18-11-12-24-43(38)44)48-36-41(34-35-47(48)51)37-30-32-40(33-31-37)53-54-49-28-15-16-29-50(49)55(53)42-22-9-6-10-23-42/h1-2,4-18,20-36H,3,19H2/b2-1-,7-4-,8-5-,39-20+. The number of allylic oxidation sites excluding steroid dienone is 8. The number of para-hydroxylation sites is 3. The molecule has 0 fully saturated rings. The maximum absolute atomic E-state index is 5.12. The van der Waals surface area contributed by atoms with Crippen LogP contribution in [0.5, 0.6) is 0 Å². The van der Waals surface area contributed by atoms with Crippen LogP contribution in [0.3, 0.4) is 0 Å². The van der Waals surface area contributed by atoms with Crippen LogP contribution in [0.1, 0.15) is 18.4 Å². The van der Waals surface area contributed by atoms with Gasteiger partial charge in [0.25, 0.3) is 0 Å². The van der Waals surface area contributed by atoms with E-state index in [1.807, 2.05) is 0 Å². The lowest BCUT2D eigenvalue weighted by molar-refractivity contribution is 1.10. The highest BCUT2D eigenvalue weighted by Gasteiger charge is 2.20. The summed E-state index contributed by atoms with van der Waals surface area (Å²) in [5, 5.41) is 7.56. The van der Waals surface area contributed by atoms with Gasteiger partial charge in [-0.2, -0.15) is 0 Å². The van der Waals surface area contributed by atoms with Gasteiger partial charge in [0.1, 0.15) is 5.82 Å². The Kier molecular flexibility index (Phi) is 8.35. The largest absolute Gasteiger partial charge is 0.292 e. The third-order valence-electron chi connectivity index (χ3n) is 10.9. The normalized spacial score (nSPS) is 15.9. The molecule has 0 saturated heterocycles. The summed E-state index contributed by atoms with van der Waals surface area (Å²) in [5.41, 5.74) is 11.7. The van der Waals surface area contributed by atoms with Crippen molar-refractivity contribution in [3.8, 4) is 39.3 Å². The zero-order valence-electron chi connectivity index (χ0n) is 30.4. The topological polar surface area (TPSA) is 17.8 Å². The summed E-state index contributed by atoms with van der Waals surface area (Å²) in [5.74, 6) is 0.935. The molecule has 0 amide bonds. The van der Waals surface area contributed by atoms with Crippen molar-refractivity contribution in [1.82, 2.24) is 9.55 Å². The Hall–Kier alpha value is -7.03. The van der Waals surface area contributed by atoms with Crippen molar-refractivity contribution in [2.75, 3.05) is 0 Å². The van der Waals surface area contributed by atoms with Crippen LogP contribution in [-0.4, -0.2) is 9.55 Å². The minimum atomic E-state index is 0.846. The van der Waals surface area contributed by atoms with Crippen LogP contribution in [0.15, 0.2) is 206 Å². The average molecular weight is 703 g/mol. The molecule has 2 nitrogen and oxygen atoms in total. The number of imidazole rings is 1. The summed E-state index contributed by atoms with van der Waals surface area (Å²) >= 11 is 0. The second-order valence-corrected chi connectivity index (χ2v) is 14.2. The fourth-order valence-corrected chi connectivity index (χ4v) is 8.33. The van der Waals surface area contributed by atoms with E-state index in [2.05, 4.69) is 211 Å². The van der Waals surface area contributed by atoms with E-state index in [4.69, 9.17) is 4.98 Å². The predicted octanol–water partition coefficient (Wildman–Crippen LogP) is 14.3. The van der Waals surface area contributed by atoms with E-state index in [0.717, 1.165) is 41.0 Å². The van der Waals surface area contributed by atoms with Gasteiger partial charge in [-0.15, -0.1) is 0 Å². The molecule has 0 bridgehead atoms. The van der Waals surface area contributed by atoms with Gasteiger partial charge in [-0.25, -0.2) is 4.98 Å². The first-order chi connectivity index (χ1) is 27.3. The molecule has 1 aliphatic rings. The molecule has 2 heteroatoms. The summed E-state index contributed by atoms with van der Waals surface area (Å²) in [6.07, 6.45) is 17.4. The molecule has 0 aliphatic heterocycles. The van der Waals surface area contributed by atoms with Crippen molar-refractivity contribution in [3.63, 3.8) is 0 Å². The summed E-state index contributed by atoms with van der Waals surface area (Å²) in [4.78, 5) is 5.12. The molecular formula is C53H38N2. The number of aromatic nitrogens is 2. The van der Waals surface area contributed by atoms with Gasteiger partial charge < -0.3 is 0 Å². The molecule has 260 valence electrons. The maximum atomic E-state index is 5.12. The maximum Gasteiger partial charge on any atom is 0.145 e. The van der Waals surface area contributed by atoms with Crippen LogP contribution in [0.25, 0.3) is 88.3 Å². The lowest BCUT2D eigenvalue weighted by Gasteiger charge is -2.20. The zero-order valence-corrected chi connectivity index (χ0v) is 30.4. The van der Waals surface area contributed by atoms with E-state index in [1.165, 1.54) is 65.7 Å². The molecule has 55 heavy (non-hydrogen) atoms. The Bertz CT molecular complexity index is 3000. The van der Waals surface area contributed by atoms with E-state index < -0.39 is 0 Å². The lowest BCUT2D eigenvalue weighted by atomic mass is 9.83. The molecule has 1 heterocycles. The highest BCUT2D eigenvalue weighted by Crippen LogP contribution is 2.45. The van der Waals surface area contributed by atoms with Crippen molar-refractivity contribution >= 4 is 48.9 Å². The van der Waals surface area contributed by atoms with E-state index in [0.29, 0.717) is 0 Å². The number of nitrogens with zero attached hydrogens (tertiary/aromatic N) is 2. The number of rotatable bonds is 5. The molecule has 8 aromatic carbocycles. The SMILES string of the molecule is C1=C\C/C=C\C=C(\c2c3ccccc3c(-c3cccc4ccccc34)c3cc(-c4ccc(-c5nc6ccccc6n5-c5ccccc5)cc4)ccc23)C\C=C/1. The Morgan fingerprint density at radius 1 is 0.455 bits per heavy atom. The third kappa shape index (κ3) is 5.89. The molecule has 1 aromatic heterocycles. The second kappa shape index (κ2) is 14.1. The van der Waals surface area contributed by atoms with Crippen LogP contribution in [0, 0.1) is 0 Å². The lowest BCUT2D eigenvalue weighted by Crippen LogP contribution is -1.97. The van der Waals surface area contributed by atoms with Crippen molar-refractivity contribution in [2.45, 2.75) is 12.8 Å². The molecule has 0 radical (unpaired) electrons. The quantitative estimate of drug-likeness (QED) is 0.163. The monoisotopic (exact) mass is 702 g/mol. The van der Waals surface area contributed by atoms with Gasteiger partial charge in [0.2, 0.25) is 0 Å². The van der Waals surface area contributed by atoms with Crippen molar-refractivity contribution in [2.24, 2.45) is 0 Å². The number of hydrogen-bond acceptors (Lipinski definition) is 1. The second-order valence-electron chi connectivity index (χ2n) is 14.2. The summed E-state index contributed by atoms with van der Waals surface area (Å²) in [6.45, 7) is 0. The van der Waals surface area contributed by atoms with E-state index in [-0.39, 0.29) is 0 Å². The molecule has 10 rings (SSSR count). The van der Waals surface area contributed by atoms with Gasteiger partial charge in [0.15, 0.2) is 0 Å². The summed E-state index contributed by atoms with van der Waals surface area (Å²) < 4.78 is 2.26. The molecule has 0 atom stereocenters. The third-order valence-corrected chi connectivity index (χ3v) is 10.9. The number of benzene rings is 8. The molecular weight excluding hydrogens is 665 g/mol. The highest BCUT2D eigenvalue weighted by molar-refractivity contribution is 6.22. The number of hydrogen-bond donors (Lipinski definition) is 0. The zero-order chi connectivity index (χ0) is 36.6. The van der Waals surface area contributed by atoms with E-state index in [1.54, 1.807) is 0 Å². The van der Waals surface area contributed by atoms with Crippen molar-refractivity contribution < 1.29 is 0 Å². The van der Waals surface area contributed by atoms with Gasteiger partial charge in [-0.1, -0.05) is 176 Å². The molecule has 0 spiro atoms. The summed E-state index contributed by atoms with van der Waals surface area (Å²) in [7, 11) is 0. The Balaban J connectivity index is 1.19. The van der Waals surface area contributed by atoms with Crippen LogP contribution in [0.4, 0.5) is 0 Å². The molecule has 1 aliphatic carbocycles. The number of fused-ring (bicyclic) bond motifs is 4. The van der Waals surface area contributed by atoms with Gasteiger partial charge in [-0.3, -0.25) is 4.57 Å². The minimum absolute atomic E-state index is 0.846. The fourth-order valence-electron chi connectivity index (χ4n) is 8.33. The van der Waals surface area contributed by atoms with E-state index >= 15 is 0 Å². The minimum Gasteiger partial charge on any atom is -0.292 e. The van der Waals surface area contributed by atoms with Crippen molar-refractivity contribution in [3.05, 3.63) is 212 Å². The van der Waals surface area contributed by atoms with Gasteiger partial charge in [0.05, 0.1) is 11.0 Å². The molecule has 0 unspecified atom stereocenters. The van der Waals surface area contributed by atoms with E-state index in [9.17, 15) is 0 Å². The van der Waals surface area contributed by atoms with Gasteiger partial charge in [0, 0.05) is 11.3 Å². The first kappa shape index (κ1) is 32.6. The van der Waals surface area contributed by atoms with Gasteiger partial charge in [-0.05, 0) is 109 Å². The predicted molar refractivity (Wildman–Crippen MR) is 235 cm³/mol. The van der Waals surface area contributed by atoms with Crippen molar-refractivity contribution in [1.29, 1.82) is 0 Å². The Morgan fingerprint density at radius 3 is 1.98 bits per heavy atom. The van der Waals surface area contributed by atoms with Crippen LogP contribution >= 0.6 is 0 Å². The summed E-state index contributed by atoms with van der Waals surface area (Å²) in [6, 6.07) is 59.4. The fraction of sp³-hybridized carbons (Fsp3) is 0.0377. The smallest absolute Gasteiger partial charge is 0.145 e. The first-order valence-corrected chi connectivity index (χ1v) is 19.1. The first-order valence-electron chi connectivity index (χ1n) is 19.1. The van der Waals surface area contributed by atoms with Crippen LogP contribution in [-0.2, 0) is 0 Å². The van der Waals surface area contributed by atoms with Crippen LogP contribution < -0.4 is 0 Å².